The zero-order valence-corrected chi connectivity index (χ0v) is 18.8. The van der Waals surface area contributed by atoms with E-state index in [0.717, 1.165) is 21.6 Å². The van der Waals surface area contributed by atoms with Crippen LogP contribution in [-0.2, 0) is 16.2 Å². The first kappa shape index (κ1) is 22.3. The lowest BCUT2D eigenvalue weighted by Gasteiger charge is -2.27. The van der Waals surface area contributed by atoms with E-state index in [1.54, 1.807) is 36.4 Å². The molecule has 166 valence electrons. The van der Waals surface area contributed by atoms with Crippen LogP contribution in [0.25, 0.3) is 6.08 Å². The number of aryl methyl sites for hydroxylation is 2. The normalized spacial score (nSPS) is 15.1. The van der Waals surface area contributed by atoms with Crippen molar-refractivity contribution in [2.75, 3.05) is 4.90 Å². The van der Waals surface area contributed by atoms with Crippen molar-refractivity contribution in [2.45, 2.75) is 20.5 Å². The molecule has 0 spiro atoms. The molecule has 1 saturated heterocycles. The Morgan fingerprint density at radius 1 is 0.970 bits per heavy atom. The van der Waals surface area contributed by atoms with E-state index in [1.165, 1.54) is 6.08 Å². The molecule has 0 saturated carbocycles. The van der Waals surface area contributed by atoms with Crippen LogP contribution in [0.1, 0.15) is 22.3 Å². The molecule has 1 aliphatic heterocycles. The molecule has 0 bridgehead atoms. The van der Waals surface area contributed by atoms with Crippen LogP contribution in [0.3, 0.4) is 0 Å². The highest BCUT2D eigenvalue weighted by Gasteiger charge is 2.37. The molecular formula is C26H21ClN2O4. The average molecular weight is 461 g/mol. The molecule has 3 aromatic rings. The fourth-order valence-electron chi connectivity index (χ4n) is 3.54. The molecule has 0 radical (unpaired) electrons. The number of hydrogen-bond acceptors (Lipinski definition) is 4. The van der Waals surface area contributed by atoms with Gasteiger partial charge in [-0.1, -0.05) is 59.6 Å². The van der Waals surface area contributed by atoms with Gasteiger partial charge in [-0.25, -0.2) is 9.69 Å². The lowest BCUT2D eigenvalue weighted by Crippen LogP contribution is -2.54. The number of halogens is 1. The summed E-state index contributed by atoms with van der Waals surface area (Å²) in [6, 6.07) is 19.0. The van der Waals surface area contributed by atoms with Crippen molar-refractivity contribution in [3.63, 3.8) is 0 Å². The van der Waals surface area contributed by atoms with Crippen molar-refractivity contribution in [3.8, 4) is 5.75 Å². The van der Waals surface area contributed by atoms with Crippen molar-refractivity contribution in [2.24, 2.45) is 0 Å². The van der Waals surface area contributed by atoms with Crippen LogP contribution in [0.4, 0.5) is 10.5 Å². The first-order valence-corrected chi connectivity index (χ1v) is 10.7. The van der Waals surface area contributed by atoms with Gasteiger partial charge in [0.25, 0.3) is 11.8 Å². The molecule has 4 amide bonds. The maximum Gasteiger partial charge on any atom is 0.335 e. The highest BCUT2D eigenvalue weighted by atomic mass is 35.5. The number of imide groups is 2. The molecule has 1 N–H and O–H groups in total. The van der Waals surface area contributed by atoms with Gasteiger partial charge in [0.2, 0.25) is 0 Å². The maximum atomic E-state index is 13.1. The van der Waals surface area contributed by atoms with Gasteiger partial charge in [0.05, 0.1) is 5.69 Å². The summed E-state index contributed by atoms with van der Waals surface area (Å²) in [6.07, 6.45) is 1.46. The van der Waals surface area contributed by atoms with Crippen LogP contribution < -0.4 is 15.0 Å². The first-order valence-electron chi connectivity index (χ1n) is 10.3. The molecule has 7 heteroatoms. The van der Waals surface area contributed by atoms with Crippen molar-refractivity contribution >= 4 is 41.2 Å². The predicted octanol–water partition coefficient (Wildman–Crippen LogP) is 5.20. The summed E-state index contributed by atoms with van der Waals surface area (Å²) in [5.74, 6) is -0.789. The van der Waals surface area contributed by atoms with Gasteiger partial charge < -0.3 is 4.74 Å². The molecule has 1 fully saturated rings. The first-order chi connectivity index (χ1) is 15.8. The molecule has 0 unspecified atom stereocenters. The Morgan fingerprint density at radius 2 is 1.70 bits per heavy atom. The molecule has 0 atom stereocenters. The molecular weight excluding hydrogens is 440 g/mol. The largest absolute Gasteiger partial charge is 0.489 e. The standard InChI is InChI=1S/C26H21ClN2O4/c1-16-7-12-23(17(2)13-16)29-25(31)21(24(30)28-26(29)32)14-18-8-10-20(11-9-18)33-15-19-5-3-4-6-22(19)27/h3-14H,15H2,1-2H3,(H,28,30,32)/b21-14+. The summed E-state index contributed by atoms with van der Waals surface area (Å²) in [5, 5.41) is 2.88. The number of ether oxygens (including phenoxy) is 1. The average Bonchev–Trinajstić information content (AvgIpc) is 2.78. The Hall–Kier alpha value is -3.90. The number of carbonyl (C=O) groups is 3. The predicted molar refractivity (Wildman–Crippen MR) is 127 cm³/mol. The maximum absolute atomic E-state index is 13.1. The molecule has 0 aromatic heterocycles. The van der Waals surface area contributed by atoms with Gasteiger partial charge in [0.1, 0.15) is 17.9 Å². The van der Waals surface area contributed by atoms with E-state index in [4.69, 9.17) is 16.3 Å². The van der Waals surface area contributed by atoms with Gasteiger partial charge in [-0.05, 0) is 55.3 Å². The van der Waals surface area contributed by atoms with Crippen LogP contribution >= 0.6 is 11.6 Å². The zero-order chi connectivity index (χ0) is 23.5. The van der Waals surface area contributed by atoms with E-state index >= 15 is 0 Å². The number of anilines is 1. The lowest BCUT2D eigenvalue weighted by molar-refractivity contribution is -0.122. The molecule has 1 heterocycles. The second-order valence-electron chi connectivity index (χ2n) is 7.70. The van der Waals surface area contributed by atoms with Crippen LogP contribution in [0, 0.1) is 13.8 Å². The van der Waals surface area contributed by atoms with E-state index in [-0.39, 0.29) is 5.57 Å². The van der Waals surface area contributed by atoms with Crippen LogP contribution in [0.2, 0.25) is 5.02 Å². The van der Waals surface area contributed by atoms with E-state index in [2.05, 4.69) is 5.32 Å². The highest BCUT2D eigenvalue weighted by molar-refractivity contribution is 6.39. The van der Waals surface area contributed by atoms with E-state index in [1.807, 2.05) is 44.2 Å². The number of benzene rings is 3. The number of barbiturate groups is 1. The molecule has 0 aliphatic carbocycles. The number of urea groups is 1. The lowest BCUT2D eigenvalue weighted by atomic mass is 10.0. The van der Waals surface area contributed by atoms with E-state index < -0.39 is 17.8 Å². The minimum absolute atomic E-state index is 0.126. The topological polar surface area (TPSA) is 75.7 Å². The summed E-state index contributed by atoms with van der Waals surface area (Å²) >= 11 is 6.15. The molecule has 33 heavy (non-hydrogen) atoms. The monoisotopic (exact) mass is 460 g/mol. The summed E-state index contributed by atoms with van der Waals surface area (Å²) < 4.78 is 5.77. The number of hydrogen-bond donors (Lipinski definition) is 1. The SMILES string of the molecule is Cc1ccc(N2C(=O)NC(=O)/C(=C\c3ccc(OCc4ccccc4Cl)cc3)C2=O)c(C)c1. The summed E-state index contributed by atoms with van der Waals surface area (Å²) in [4.78, 5) is 38.9. The quantitative estimate of drug-likeness (QED) is 0.419. The van der Waals surface area contributed by atoms with E-state index in [9.17, 15) is 14.4 Å². The van der Waals surface area contributed by atoms with Gasteiger partial charge in [-0.15, -0.1) is 0 Å². The third-order valence-electron chi connectivity index (χ3n) is 5.24. The van der Waals surface area contributed by atoms with Gasteiger partial charge in [0, 0.05) is 10.6 Å². The van der Waals surface area contributed by atoms with Crippen LogP contribution in [-0.4, -0.2) is 17.8 Å². The van der Waals surface area contributed by atoms with Gasteiger partial charge in [0.15, 0.2) is 0 Å². The van der Waals surface area contributed by atoms with Crippen molar-refractivity contribution < 1.29 is 19.1 Å². The van der Waals surface area contributed by atoms with Gasteiger partial charge in [-0.2, -0.15) is 0 Å². The smallest absolute Gasteiger partial charge is 0.335 e. The number of nitrogens with one attached hydrogen (secondary N) is 1. The Morgan fingerprint density at radius 3 is 2.39 bits per heavy atom. The van der Waals surface area contributed by atoms with Crippen molar-refractivity contribution in [1.29, 1.82) is 0 Å². The number of carbonyl (C=O) groups excluding carboxylic acids is 3. The highest BCUT2D eigenvalue weighted by Crippen LogP contribution is 2.26. The zero-order valence-electron chi connectivity index (χ0n) is 18.1. The second-order valence-corrected chi connectivity index (χ2v) is 8.10. The van der Waals surface area contributed by atoms with Crippen LogP contribution in [0.15, 0.2) is 72.3 Å². The molecule has 4 rings (SSSR count). The van der Waals surface area contributed by atoms with Crippen molar-refractivity contribution in [3.05, 3.63) is 99.6 Å². The summed E-state index contributed by atoms with van der Waals surface area (Å²) in [7, 11) is 0. The number of amides is 4. The molecule has 1 aliphatic rings. The summed E-state index contributed by atoms with van der Waals surface area (Å²) in [6.45, 7) is 4.05. The van der Waals surface area contributed by atoms with Gasteiger partial charge in [-0.3, -0.25) is 14.9 Å². The Bertz CT molecular complexity index is 1280. The second kappa shape index (κ2) is 9.30. The Labute approximate surface area is 196 Å². The molecule has 6 nitrogen and oxygen atoms in total. The van der Waals surface area contributed by atoms with Gasteiger partial charge >= 0.3 is 6.03 Å². The Kier molecular flexibility index (Phi) is 6.29. The van der Waals surface area contributed by atoms with E-state index in [0.29, 0.717) is 28.6 Å². The number of nitrogens with zero attached hydrogens (tertiary/aromatic N) is 1. The third-order valence-corrected chi connectivity index (χ3v) is 5.61. The Balaban J connectivity index is 1.54. The third kappa shape index (κ3) is 4.81. The minimum atomic E-state index is -0.766. The van der Waals surface area contributed by atoms with Crippen LogP contribution in [0.5, 0.6) is 5.75 Å². The fraction of sp³-hybridized carbons (Fsp3) is 0.115. The summed E-state index contributed by atoms with van der Waals surface area (Å²) in [5.41, 5.74) is 3.56. The number of rotatable bonds is 5. The molecule has 3 aromatic carbocycles. The minimum Gasteiger partial charge on any atom is -0.489 e. The van der Waals surface area contributed by atoms with Crippen molar-refractivity contribution in [1.82, 2.24) is 5.32 Å². The fourth-order valence-corrected chi connectivity index (χ4v) is 3.73.